The number of aromatic hydroxyl groups is 1. The highest BCUT2D eigenvalue weighted by atomic mass is 79.9. The molecule has 0 atom stereocenters. The molecule has 1 aromatic carbocycles. The van der Waals surface area contributed by atoms with Gasteiger partial charge in [0.25, 0.3) is 0 Å². The SMILES string of the molecule is COc1c(Br)ccc(-c2noc(CN)n2)c1O. The number of hydrogen-bond acceptors (Lipinski definition) is 6. The van der Waals surface area contributed by atoms with Gasteiger partial charge in [0.05, 0.1) is 23.7 Å². The summed E-state index contributed by atoms with van der Waals surface area (Å²) >= 11 is 3.26. The Hall–Kier alpha value is -1.60. The maximum atomic E-state index is 10.00. The summed E-state index contributed by atoms with van der Waals surface area (Å²) in [6.07, 6.45) is 0. The number of aromatic nitrogens is 2. The Morgan fingerprint density at radius 1 is 1.53 bits per heavy atom. The second-order valence-corrected chi connectivity index (χ2v) is 4.05. The zero-order valence-corrected chi connectivity index (χ0v) is 10.6. The van der Waals surface area contributed by atoms with Gasteiger partial charge in [0.15, 0.2) is 11.5 Å². The minimum atomic E-state index is -0.0498. The third-order valence-corrected chi connectivity index (χ3v) is 2.80. The van der Waals surface area contributed by atoms with Crippen LogP contribution in [-0.2, 0) is 6.54 Å². The van der Waals surface area contributed by atoms with Crippen molar-refractivity contribution in [3.63, 3.8) is 0 Å². The van der Waals surface area contributed by atoms with E-state index in [2.05, 4.69) is 26.1 Å². The van der Waals surface area contributed by atoms with Gasteiger partial charge >= 0.3 is 0 Å². The summed E-state index contributed by atoms with van der Waals surface area (Å²) in [6.45, 7) is 0.154. The number of methoxy groups -OCH3 is 1. The van der Waals surface area contributed by atoms with Crippen LogP contribution >= 0.6 is 15.9 Å². The fourth-order valence-electron chi connectivity index (χ4n) is 1.37. The number of benzene rings is 1. The van der Waals surface area contributed by atoms with Crippen molar-refractivity contribution >= 4 is 15.9 Å². The molecule has 0 aliphatic heterocycles. The zero-order valence-electron chi connectivity index (χ0n) is 8.98. The Kier molecular flexibility index (Phi) is 3.30. The number of nitrogens with two attached hydrogens (primary N) is 1. The summed E-state index contributed by atoms with van der Waals surface area (Å²) in [4.78, 5) is 4.03. The number of phenols is 1. The van der Waals surface area contributed by atoms with Crippen LogP contribution in [0.5, 0.6) is 11.5 Å². The predicted octanol–water partition coefficient (Wildman–Crippen LogP) is 1.67. The molecule has 6 nitrogen and oxygen atoms in total. The fraction of sp³-hybridized carbons (Fsp3) is 0.200. The first kappa shape index (κ1) is 11.9. The molecule has 0 bridgehead atoms. The van der Waals surface area contributed by atoms with E-state index in [1.807, 2.05) is 0 Å². The van der Waals surface area contributed by atoms with Crippen LogP contribution in [0.15, 0.2) is 21.1 Å². The van der Waals surface area contributed by atoms with Gasteiger partial charge in [0, 0.05) is 0 Å². The van der Waals surface area contributed by atoms with Crippen molar-refractivity contribution in [2.45, 2.75) is 6.54 Å². The van der Waals surface area contributed by atoms with Gasteiger partial charge in [0.2, 0.25) is 11.7 Å². The van der Waals surface area contributed by atoms with Crippen molar-refractivity contribution in [3.05, 3.63) is 22.5 Å². The molecular weight excluding hydrogens is 290 g/mol. The van der Waals surface area contributed by atoms with Gasteiger partial charge in [-0.05, 0) is 28.1 Å². The zero-order chi connectivity index (χ0) is 12.4. The molecule has 0 amide bonds. The molecule has 0 saturated heterocycles. The Morgan fingerprint density at radius 3 is 2.88 bits per heavy atom. The van der Waals surface area contributed by atoms with Gasteiger partial charge in [-0.25, -0.2) is 0 Å². The lowest BCUT2D eigenvalue weighted by Crippen LogP contribution is -1.95. The molecule has 1 heterocycles. The van der Waals surface area contributed by atoms with Crippen molar-refractivity contribution in [2.24, 2.45) is 5.73 Å². The van der Waals surface area contributed by atoms with Crippen LogP contribution in [0.1, 0.15) is 5.89 Å². The van der Waals surface area contributed by atoms with Gasteiger partial charge in [-0.15, -0.1) is 0 Å². The van der Waals surface area contributed by atoms with Gasteiger partial charge in [-0.1, -0.05) is 5.16 Å². The molecule has 17 heavy (non-hydrogen) atoms. The van der Waals surface area contributed by atoms with Crippen molar-refractivity contribution < 1.29 is 14.4 Å². The minimum absolute atomic E-state index is 0.0498. The van der Waals surface area contributed by atoms with E-state index in [0.717, 1.165) is 0 Å². The molecule has 0 aliphatic rings. The molecule has 1 aromatic heterocycles. The summed E-state index contributed by atoms with van der Waals surface area (Å²) in [5.74, 6) is 0.850. The highest BCUT2D eigenvalue weighted by molar-refractivity contribution is 9.10. The quantitative estimate of drug-likeness (QED) is 0.895. The Bertz CT molecular complexity index is 542. The number of hydrogen-bond donors (Lipinski definition) is 2. The standard InChI is InChI=1S/C10H10BrN3O3/c1-16-9-6(11)3-2-5(8(9)15)10-13-7(4-12)17-14-10/h2-3,15H,4,12H2,1H3. The third-order valence-electron chi connectivity index (χ3n) is 2.17. The smallest absolute Gasteiger partial charge is 0.240 e. The highest BCUT2D eigenvalue weighted by Crippen LogP contribution is 2.40. The first-order valence-corrected chi connectivity index (χ1v) is 5.55. The molecule has 2 rings (SSSR count). The summed E-state index contributed by atoms with van der Waals surface area (Å²) in [6, 6.07) is 3.39. The fourth-order valence-corrected chi connectivity index (χ4v) is 1.85. The van der Waals surface area contributed by atoms with Crippen LogP contribution in [0.3, 0.4) is 0 Å². The number of halogens is 1. The first-order chi connectivity index (χ1) is 8.17. The lowest BCUT2D eigenvalue weighted by molar-refractivity contribution is 0.370. The van der Waals surface area contributed by atoms with Crippen molar-refractivity contribution in [2.75, 3.05) is 7.11 Å². The Morgan fingerprint density at radius 2 is 2.29 bits per heavy atom. The summed E-state index contributed by atoms with van der Waals surface area (Å²) in [5.41, 5.74) is 5.79. The highest BCUT2D eigenvalue weighted by Gasteiger charge is 2.17. The average molecular weight is 300 g/mol. The van der Waals surface area contributed by atoms with E-state index in [-0.39, 0.29) is 18.1 Å². The van der Waals surface area contributed by atoms with E-state index in [4.69, 9.17) is 15.0 Å². The molecule has 0 saturated carbocycles. The second kappa shape index (κ2) is 4.72. The molecule has 0 aliphatic carbocycles. The molecule has 0 fully saturated rings. The topological polar surface area (TPSA) is 94.4 Å². The lowest BCUT2D eigenvalue weighted by atomic mass is 10.2. The molecule has 0 radical (unpaired) electrons. The van der Waals surface area contributed by atoms with Crippen molar-refractivity contribution in [1.29, 1.82) is 0 Å². The average Bonchev–Trinajstić information content (AvgIpc) is 2.78. The molecule has 0 unspecified atom stereocenters. The largest absolute Gasteiger partial charge is 0.504 e. The molecule has 90 valence electrons. The van der Waals surface area contributed by atoms with Gasteiger partial charge in [-0.2, -0.15) is 4.98 Å². The van der Waals surface area contributed by atoms with Gasteiger partial charge in [-0.3, -0.25) is 0 Å². The maximum absolute atomic E-state index is 10.00. The van der Waals surface area contributed by atoms with Crippen molar-refractivity contribution in [3.8, 4) is 22.9 Å². The lowest BCUT2D eigenvalue weighted by Gasteiger charge is -2.07. The minimum Gasteiger partial charge on any atom is -0.504 e. The summed E-state index contributed by atoms with van der Waals surface area (Å²) in [7, 11) is 1.46. The van der Waals surface area contributed by atoms with Crippen LogP contribution in [0.2, 0.25) is 0 Å². The van der Waals surface area contributed by atoms with E-state index in [1.165, 1.54) is 7.11 Å². The van der Waals surface area contributed by atoms with E-state index >= 15 is 0 Å². The summed E-state index contributed by atoms with van der Waals surface area (Å²) < 4.78 is 10.6. The summed E-state index contributed by atoms with van der Waals surface area (Å²) in [5, 5.41) is 13.7. The number of nitrogens with zero attached hydrogens (tertiary/aromatic N) is 2. The normalized spacial score (nSPS) is 10.5. The van der Waals surface area contributed by atoms with Crippen LogP contribution in [0.4, 0.5) is 0 Å². The van der Waals surface area contributed by atoms with Gasteiger partial charge in [0.1, 0.15) is 0 Å². The first-order valence-electron chi connectivity index (χ1n) is 4.75. The van der Waals surface area contributed by atoms with Crippen LogP contribution in [0, 0.1) is 0 Å². The predicted molar refractivity (Wildman–Crippen MR) is 63.5 cm³/mol. The van der Waals surface area contributed by atoms with Crippen molar-refractivity contribution in [1.82, 2.24) is 10.1 Å². The Labute approximate surface area is 106 Å². The molecule has 0 spiro atoms. The van der Waals surface area contributed by atoms with Crippen LogP contribution < -0.4 is 10.5 Å². The monoisotopic (exact) mass is 299 g/mol. The number of phenolic OH excluding ortho intramolecular Hbond substituents is 1. The number of ether oxygens (including phenoxy) is 1. The van der Waals surface area contributed by atoms with E-state index < -0.39 is 0 Å². The molecular formula is C10H10BrN3O3. The number of rotatable bonds is 3. The van der Waals surface area contributed by atoms with E-state index in [9.17, 15) is 5.11 Å². The molecule has 2 aromatic rings. The van der Waals surface area contributed by atoms with Crippen LogP contribution in [0.25, 0.3) is 11.4 Å². The Balaban J connectivity index is 2.52. The molecule has 3 N–H and O–H groups in total. The second-order valence-electron chi connectivity index (χ2n) is 3.19. The van der Waals surface area contributed by atoms with E-state index in [0.29, 0.717) is 21.7 Å². The van der Waals surface area contributed by atoms with Gasteiger partial charge < -0.3 is 20.1 Å². The molecule has 7 heteroatoms. The van der Waals surface area contributed by atoms with Crippen LogP contribution in [-0.4, -0.2) is 22.4 Å². The van der Waals surface area contributed by atoms with E-state index in [1.54, 1.807) is 12.1 Å². The maximum Gasteiger partial charge on any atom is 0.240 e. The third kappa shape index (κ3) is 2.11.